The number of carbonyl (C=O) groups is 5. The van der Waals surface area contributed by atoms with Gasteiger partial charge in [0, 0.05) is 55.6 Å². The number of thioether (sulfide) groups is 2. The van der Waals surface area contributed by atoms with Crippen molar-refractivity contribution in [2.24, 2.45) is 0 Å². The smallest absolute Gasteiger partial charge is 0.411 e. The third-order valence-corrected chi connectivity index (χ3v) is 14.4. The second kappa shape index (κ2) is 32.5. The molecule has 0 radical (unpaired) electrons. The first-order chi connectivity index (χ1) is 37.2. The number of benzene rings is 6. The van der Waals surface area contributed by atoms with Crippen LogP contribution in [0.5, 0.6) is 11.5 Å². The molecule has 0 heterocycles. The van der Waals surface area contributed by atoms with Gasteiger partial charge in [0.2, 0.25) is 0 Å². The van der Waals surface area contributed by atoms with Gasteiger partial charge in [0.15, 0.2) is 0 Å². The van der Waals surface area contributed by atoms with E-state index in [1.54, 1.807) is 6.07 Å². The fourth-order valence-corrected chi connectivity index (χ4v) is 10.3. The number of ether oxygens (including phenoxy) is 7. The lowest BCUT2D eigenvalue weighted by molar-refractivity contribution is -0.138. The molecule has 3 N–H and O–H groups in total. The Bertz CT molecular complexity index is 2790. The van der Waals surface area contributed by atoms with E-state index in [9.17, 15) is 24.0 Å². The van der Waals surface area contributed by atoms with Crippen molar-refractivity contribution in [1.29, 1.82) is 0 Å². The third kappa shape index (κ3) is 20.5. The Labute approximate surface area is 455 Å². The van der Waals surface area contributed by atoms with E-state index in [1.165, 1.54) is 35.3 Å². The Morgan fingerprint density at radius 2 is 0.974 bits per heavy atom. The zero-order chi connectivity index (χ0) is 53.6. The van der Waals surface area contributed by atoms with Crippen LogP contribution in [0.25, 0.3) is 22.3 Å². The molecule has 0 spiro atoms. The molecule has 0 bridgehead atoms. The van der Waals surface area contributed by atoms with Crippen molar-refractivity contribution in [3.05, 3.63) is 189 Å². The van der Waals surface area contributed by atoms with Gasteiger partial charge < -0.3 is 43.8 Å². The molecule has 0 saturated heterocycles. The fraction of sp³-hybridized carbons (Fsp3) is 0.224. The Hall–Kier alpha value is -7.80. The number of nitrogens with one attached hydrogen (secondary N) is 3. The van der Waals surface area contributed by atoms with E-state index in [4.69, 9.17) is 33.2 Å². The standard InChI is InChI=1S/C58H59N3O12S3/c1-3-54(62)67-34-32-59-56(64)72-44(36-69-51-29-17-14-26-48(51)42-20-8-5-9-21-42)39-74-41-47(38-71-58(66)61-50-28-16-19-31-53(50)76-46-24-12-7-13-25-46)75-40-45(73-57(65)60-33-35-68-55(63)4-2)37-70-52-30-18-15-27-49(52)43-22-10-6-11-23-43/h3-31,44-45,47H,1-2,32-41H2,(H,59,64)(H,60,65)(H,61,66). The van der Waals surface area contributed by atoms with Crippen molar-refractivity contribution in [3.63, 3.8) is 0 Å². The van der Waals surface area contributed by atoms with Gasteiger partial charge in [0.25, 0.3) is 0 Å². The number of amides is 3. The normalized spacial score (nSPS) is 11.8. The van der Waals surface area contributed by atoms with E-state index < -0.39 is 47.7 Å². The van der Waals surface area contributed by atoms with Crippen LogP contribution in [-0.4, -0.2) is 111 Å². The summed E-state index contributed by atoms with van der Waals surface area (Å²) in [5.74, 6) is 0.709. The van der Waals surface area contributed by atoms with Gasteiger partial charge in [-0.3, -0.25) is 5.32 Å². The zero-order valence-electron chi connectivity index (χ0n) is 41.6. The largest absolute Gasteiger partial charge is 0.489 e. The van der Waals surface area contributed by atoms with Crippen molar-refractivity contribution in [3.8, 4) is 33.8 Å². The van der Waals surface area contributed by atoms with Crippen molar-refractivity contribution < 1.29 is 57.1 Å². The monoisotopic (exact) mass is 1090 g/mol. The fourth-order valence-electron chi connectivity index (χ4n) is 6.92. The van der Waals surface area contributed by atoms with Crippen LogP contribution in [0.2, 0.25) is 0 Å². The van der Waals surface area contributed by atoms with Gasteiger partial charge in [0.1, 0.15) is 56.7 Å². The summed E-state index contributed by atoms with van der Waals surface area (Å²) in [5.41, 5.74) is 4.14. The summed E-state index contributed by atoms with van der Waals surface area (Å²) in [4.78, 5) is 65.0. The summed E-state index contributed by atoms with van der Waals surface area (Å²) < 4.78 is 40.5. The highest BCUT2D eigenvalue weighted by Gasteiger charge is 2.24. The number of para-hydroxylation sites is 3. The average molecular weight is 1090 g/mol. The summed E-state index contributed by atoms with van der Waals surface area (Å²) >= 11 is 4.33. The predicted octanol–water partition coefficient (Wildman–Crippen LogP) is 11.4. The zero-order valence-corrected chi connectivity index (χ0v) is 44.0. The predicted molar refractivity (Wildman–Crippen MR) is 299 cm³/mol. The first-order valence-electron chi connectivity index (χ1n) is 24.1. The van der Waals surface area contributed by atoms with E-state index in [0.717, 1.165) is 44.2 Å². The quantitative estimate of drug-likeness (QED) is 0.0167. The third-order valence-electron chi connectivity index (χ3n) is 10.5. The minimum Gasteiger partial charge on any atom is -0.489 e. The molecule has 0 aliphatic heterocycles. The molecule has 15 nitrogen and oxygen atoms in total. The number of hydrogen-bond acceptors (Lipinski definition) is 15. The maximum atomic E-state index is 13.6. The van der Waals surface area contributed by atoms with E-state index in [1.807, 2.05) is 158 Å². The summed E-state index contributed by atoms with van der Waals surface area (Å²) in [5, 5.41) is 7.71. The topological polar surface area (TPSA) is 186 Å². The van der Waals surface area contributed by atoms with Crippen molar-refractivity contribution in [2.75, 3.05) is 68.7 Å². The van der Waals surface area contributed by atoms with Crippen molar-refractivity contribution >= 4 is 71.2 Å². The minimum absolute atomic E-state index is 0.00487. The highest BCUT2D eigenvalue weighted by molar-refractivity contribution is 8.03. The molecule has 18 heteroatoms. The molecular formula is C58H59N3O12S3. The van der Waals surface area contributed by atoms with Gasteiger partial charge in [-0.1, -0.05) is 152 Å². The van der Waals surface area contributed by atoms with E-state index in [2.05, 4.69) is 29.1 Å². The molecule has 0 aliphatic rings. The summed E-state index contributed by atoms with van der Waals surface area (Å²) in [6.07, 6.45) is -1.76. The Balaban J connectivity index is 1.19. The first-order valence-corrected chi connectivity index (χ1v) is 27.2. The lowest BCUT2D eigenvalue weighted by Crippen LogP contribution is -2.36. The molecule has 0 aromatic heterocycles. The van der Waals surface area contributed by atoms with Crippen LogP contribution < -0.4 is 25.4 Å². The van der Waals surface area contributed by atoms with Crippen LogP contribution in [0.1, 0.15) is 0 Å². The number of rotatable bonds is 30. The van der Waals surface area contributed by atoms with Crippen LogP contribution >= 0.6 is 35.3 Å². The first kappa shape index (κ1) is 57.5. The Morgan fingerprint density at radius 3 is 1.51 bits per heavy atom. The molecule has 396 valence electrons. The number of esters is 2. The maximum Gasteiger partial charge on any atom is 0.411 e. The lowest BCUT2D eigenvalue weighted by atomic mass is 10.1. The lowest BCUT2D eigenvalue weighted by Gasteiger charge is -2.24. The highest BCUT2D eigenvalue weighted by atomic mass is 32.2. The van der Waals surface area contributed by atoms with Crippen molar-refractivity contribution in [1.82, 2.24) is 10.6 Å². The summed E-state index contributed by atoms with van der Waals surface area (Å²) in [6.45, 7) is 6.42. The Kier molecular flexibility index (Phi) is 24.6. The van der Waals surface area contributed by atoms with Crippen molar-refractivity contribution in [2.45, 2.75) is 27.2 Å². The minimum atomic E-state index is -0.837. The number of hydrogen-bond donors (Lipinski definition) is 3. The van der Waals surface area contributed by atoms with Gasteiger partial charge >= 0.3 is 30.2 Å². The molecule has 0 aliphatic carbocycles. The average Bonchev–Trinajstić information content (AvgIpc) is 3.46. The van der Waals surface area contributed by atoms with Crippen LogP contribution in [-0.2, 0) is 33.3 Å². The number of alkyl carbamates (subject to hydrolysis) is 2. The van der Waals surface area contributed by atoms with Gasteiger partial charge in [-0.15, -0.1) is 0 Å². The molecule has 76 heavy (non-hydrogen) atoms. The molecule has 0 saturated carbocycles. The molecular weight excluding hydrogens is 1030 g/mol. The van der Waals surface area contributed by atoms with E-state index in [-0.39, 0.29) is 57.6 Å². The van der Waals surface area contributed by atoms with E-state index in [0.29, 0.717) is 22.9 Å². The van der Waals surface area contributed by atoms with Gasteiger partial charge in [-0.25, -0.2) is 24.0 Å². The molecule has 3 atom stereocenters. The van der Waals surface area contributed by atoms with E-state index >= 15 is 0 Å². The number of carbonyl (C=O) groups excluding carboxylic acids is 5. The van der Waals surface area contributed by atoms with Gasteiger partial charge in [0.05, 0.1) is 18.8 Å². The molecule has 0 fully saturated rings. The maximum absolute atomic E-state index is 13.6. The second-order valence-electron chi connectivity index (χ2n) is 16.1. The second-order valence-corrected chi connectivity index (χ2v) is 19.6. The van der Waals surface area contributed by atoms with Crippen LogP contribution in [0.4, 0.5) is 20.1 Å². The molecule has 6 rings (SSSR count). The number of anilines is 1. The van der Waals surface area contributed by atoms with Gasteiger partial charge in [-0.2, -0.15) is 23.5 Å². The Morgan fingerprint density at radius 1 is 0.500 bits per heavy atom. The van der Waals surface area contributed by atoms with Crippen LogP contribution in [0.3, 0.4) is 0 Å². The van der Waals surface area contributed by atoms with Crippen LogP contribution in [0.15, 0.2) is 199 Å². The summed E-state index contributed by atoms with van der Waals surface area (Å²) in [6, 6.07) is 51.8. The molecule has 6 aromatic carbocycles. The SMILES string of the molecule is C=CC(=O)OCCNC(=O)OC(COc1ccccc1-c1ccccc1)CSCC(COC(=O)Nc1ccccc1Sc1ccccc1)SCC(COc1ccccc1-c1ccccc1)OC(=O)NCCOC(=O)C=C. The molecule has 3 unspecified atom stereocenters. The molecule has 3 amide bonds. The molecule has 6 aromatic rings. The van der Waals surface area contributed by atoms with Crippen LogP contribution in [0, 0.1) is 0 Å². The highest BCUT2D eigenvalue weighted by Crippen LogP contribution is 2.34. The van der Waals surface area contributed by atoms with Gasteiger partial charge in [-0.05, 0) is 47.5 Å². The summed E-state index contributed by atoms with van der Waals surface area (Å²) in [7, 11) is 0.